The lowest BCUT2D eigenvalue weighted by molar-refractivity contribution is 0.332. The van der Waals surface area contributed by atoms with Gasteiger partial charge in [-0.05, 0) is 50.4 Å². The van der Waals surface area contributed by atoms with Crippen LogP contribution < -0.4 is 5.32 Å². The average Bonchev–Trinajstić information content (AvgIpc) is 3.02. The van der Waals surface area contributed by atoms with E-state index in [0.29, 0.717) is 0 Å². The van der Waals surface area contributed by atoms with Crippen LogP contribution in [-0.4, -0.2) is 31.6 Å². The van der Waals surface area contributed by atoms with E-state index >= 15 is 0 Å². The Balaban J connectivity index is 1.66. The van der Waals surface area contributed by atoms with Crippen molar-refractivity contribution in [1.82, 2.24) is 4.90 Å². The fourth-order valence-electron chi connectivity index (χ4n) is 1.98. The number of hydrogen-bond donors (Lipinski definition) is 1. The van der Waals surface area contributed by atoms with Gasteiger partial charge in [0.1, 0.15) is 0 Å². The number of rotatable bonds is 6. The van der Waals surface area contributed by atoms with Crippen molar-refractivity contribution >= 4 is 5.69 Å². The van der Waals surface area contributed by atoms with Crippen LogP contribution in [0.4, 0.5) is 5.69 Å². The molecule has 0 radical (unpaired) electrons. The van der Waals surface area contributed by atoms with E-state index in [4.69, 9.17) is 0 Å². The number of likely N-dealkylation sites (N-methyl/N-ethyl adjacent to an activating group) is 1. The first kappa shape index (κ1) is 11.5. The predicted molar refractivity (Wildman–Crippen MR) is 69.9 cm³/mol. The van der Waals surface area contributed by atoms with Gasteiger partial charge in [-0.15, -0.1) is 0 Å². The van der Waals surface area contributed by atoms with E-state index in [-0.39, 0.29) is 0 Å². The van der Waals surface area contributed by atoms with Gasteiger partial charge < -0.3 is 10.2 Å². The van der Waals surface area contributed by atoms with Crippen molar-refractivity contribution < 1.29 is 0 Å². The van der Waals surface area contributed by atoms with Crippen LogP contribution in [0.1, 0.15) is 18.4 Å². The highest BCUT2D eigenvalue weighted by Gasteiger charge is 2.22. The highest BCUT2D eigenvalue weighted by Crippen LogP contribution is 2.29. The van der Waals surface area contributed by atoms with E-state index in [0.717, 1.165) is 19.0 Å². The fraction of sp³-hybridized carbons (Fsp3) is 0.571. The summed E-state index contributed by atoms with van der Waals surface area (Å²) in [6.45, 7) is 5.57. The van der Waals surface area contributed by atoms with E-state index < -0.39 is 0 Å². The van der Waals surface area contributed by atoms with E-state index in [9.17, 15) is 0 Å². The highest BCUT2D eigenvalue weighted by molar-refractivity contribution is 5.45. The van der Waals surface area contributed by atoms with Crippen molar-refractivity contribution in [3.8, 4) is 0 Å². The maximum atomic E-state index is 3.47. The van der Waals surface area contributed by atoms with Crippen molar-refractivity contribution in [3.05, 3.63) is 29.8 Å². The van der Waals surface area contributed by atoms with Gasteiger partial charge in [0.2, 0.25) is 0 Å². The van der Waals surface area contributed by atoms with E-state index in [1.807, 2.05) is 0 Å². The van der Waals surface area contributed by atoms with E-state index in [1.165, 1.54) is 30.6 Å². The molecule has 1 aromatic carbocycles. The molecular weight excluding hydrogens is 196 g/mol. The number of anilines is 1. The molecule has 0 aromatic heterocycles. The van der Waals surface area contributed by atoms with Crippen molar-refractivity contribution in [2.24, 2.45) is 5.92 Å². The van der Waals surface area contributed by atoms with Gasteiger partial charge in [0, 0.05) is 25.3 Å². The summed E-state index contributed by atoms with van der Waals surface area (Å²) >= 11 is 0. The summed E-state index contributed by atoms with van der Waals surface area (Å²) in [4.78, 5) is 2.43. The maximum absolute atomic E-state index is 3.47. The summed E-state index contributed by atoms with van der Waals surface area (Å²) in [5.74, 6) is 0.990. The predicted octanol–water partition coefficient (Wildman–Crippen LogP) is 2.75. The molecule has 2 nitrogen and oxygen atoms in total. The molecule has 0 aliphatic heterocycles. The van der Waals surface area contributed by atoms with Crippen LogP contribution in [0.15, 0.2) is 24.3 Å². The van der Waals surface area contributed by atoms with Gasteiger partial charge in [-0.1, -0.05) is 12.1 Å². The molecule has 0 heterocycles. The second-order valence-corrected chi connectivity index (χ2v) is 5.00. The first-order valence-corrected chi connectivity index (χ1v) is 6.23. The lowest BCUT2D eigenvalue weighted by atomic mass is 10.2. The Morgan fingerprint density at radius 2 is 2.19 bits per heavy atom. The number of benzene rings is 1. The van der Waals surface area contributed by atoms with Gasteiger partial charge in [0.05, 0.1) is 0 Å². The van der Waals surface area contributed by atoms with E-state index in [2.05, 4.69) is 48.5 Å². The van der Waals surface area contributed by atoms with Gasteiger partial charge >= 0.3 is 0 Å². The molecule has 0 amide bonds. The normalized spacial score (nSPS) is 15.4. The Bertz CT molecular complexity index is 331. The fourth-order valence-corrected chi connectivity index (χ4v) is 1.98. The second-order valence-electron chi connectivity index (χ2n) is 5.00. The third-order valence-electron chi connectivity index (χ3n) is 3.11. The van der Waals surface area contributed by atoms with Crippen LogP contribution in [0.25, 0.3) is 0 Å². The molecule has 2 heteroatoms. The zero-order valence-electron chi connectivity index (χ0n) is 10.4. The number of nitrogens with one attached hydrogen (secondary N) is 1. The van der Waals surface area contributed by atoms with E-state index in [1.54, 1.807) is 0 Å². The molecule has 1 N–H and O–H groups in total. The summed E-state index contributed by atoms with van der Waals surface area (Å²) in [5, 5.41) is 3.47. The van der Waals surface area contributed by atoms with Crippen LogP contribution in [0.3, 0.4) is 0 Å². The quantitative estimate of drug-likeness (QED) is 0.790. The lowest BCUT2D eigenvalue weighted by Gasteiger charge is -2.16. The molecule has 16 heavy (non-hydrogen) atoms. The van der Waals surface area contributed by atoms with Crippen molar-refractivity contribution in [1.29, 1.82) is 0 Å². The standard InChI is InChI=1S/C14H22N2/c1-12-4-3-5-14(10-12)15-8-9-16(2)11-13-6-7-13/h3-5,10,13,15H,6-9,11H2,1-2H3. The summed E-state index contributed by atoms with van der Waals surface area (Å²) < 4.78 is 0. The molecule has 88 valence electrons. The molecule has 1 saturated carbocycles. The molecule has 1 aromatic rings. The molecule has 0 unspecified atom stereocenters. The summed E-state index contributed by atoms with van der Waals surface area (Å²) in [6, 6.07) is 8.56. The van der Waals surface area contributed by atoms with Crippen LogP contribution in [-0.2, 0) is 0 Å². The number of aryl methyl sites for hydroxylation is 1. The number of nitrogens with zero attached hydrogens (tertiary/aromatic N) is 1. The molecule has 1 aliphatic carbocycles. The Kier molecular flexibility index (Phi) is 3.83. The number of hydrogen-bond acceptors (Lipinski definition) is 2. The first-order chi connectivity index (χ1) is 7.74. The molecule has 1 fully saturated rings. The molecule has 1 aliphatic rings. The SMILES string of the molecule is Cc1cccc(NCCN(C)CC2CC2)c1. The second kappa shape index (κ2) is 5.35. The van der Waals surface area contributed by atoms with Crippen molar-refractivity contribution in [3.63, 3.8) is 0 Å². The third-order valence-corrected chi connectivity index (χ3v) is 3.11. The van der Waals surface area contributed by atoms with Crippen LogP contribution >= 0.6 is 0 Å². The van der Waals surface area contributed by atoms with Gasteiger partial charge in [-0.2, -0.15) is 0 Å². The molecule has 0 spiro atoms. The van der Waals surface area contributed by atoms with Gasteiger partial charge in [-0.3, -0.25) is 0 Å². The minimum Gasteiger partial charge on any atom is -0.384 e. The van der Waals surface area contributed by atoms with Crippen LogP contribution in [0, 0.1) is 12.8 Å². The minimum absolute atomic E-state index is 0.990. The van der Waals surface area contributed by atoms with Crippen LogP contribution in [0.5, 0.6) is 0 Å². The summed E-state index contributed by atoms with van der Waals surface area (Å²) in [5.41, 5.74) is 2.55. The van der Waals surface area contributed by atoms with Crippen LogP contribution in [0.2, 0.25) is 0 Å². The molecule has 0 bridgehead atoms. The van der Waals surface area contributed by atoms with Gasteiger partial charge in [0.25, 0.3) is 0 Å². The smallest absolute Gasteiger partial charge is 0.0343 e. The molecule has 2 rings (SSSR count). The summed E-state index contributed by atoms with van der Waals surface area (Å²) in [7, 11) is 2.22. The minimum atomic E-state index is 0.990. The maximum Gasteiger partial charge on any atom is 0.0343 e. The molecule has 0 atom stereocenters. The summed E-state index contributed by atoms with van der Waals surface area (Å²) in [6.07, 6.45) is 2.88. The Morgan fingerprint density at radius 1 is 1.38 bits per heavy atom. The highest BCUT2D eigenvalue weighted by atomic mass is 15.1. The molecule has 0 saturated heterocycles. The first-order valence-electron chi connectivity index (χ1n) is 6.23. The Hall–Kier alpha value is -1.02. The Labute approximate surface area is 98.7 Å². The Morgan fingerprint density at radius 3 is 2.88 bits per heavy atom. The largest absolute Gasteiger partial charge is 0.384 e. The van der Waals surface area contributed by atoms with Gasteiger partial charge in [0.15, 0.2) is 0 Å². The van der Waals surface area contributed by atoms with Crippen molar-refractivity contribution in [2.45, 2.75) is 19.8 Å². The monoisotopic (exact) mass is 218 g/mol. The molecular formula is C14H22N2. The topological polar surface area (TPSA) is 15.3 Å². The average molecular weight is 218 g/mol. The zero-order valence-corrected chi connectivity index (χ0v) is 10.4. The lowest BCUT2D eigenvalue weighted by Crippen LogP contribution is -2.27. The van der Waals surface area contributed by atoms with Crippen molar-refractivity contribution in [2.75, 3.05) is 32.0 Å². The van der Waals surface area contributed by atoms with Gasteiger partial charge in [-0.25, -0.2) is 0 Å². The zero-order chi connectivity index (χ0) is 11.4. The third kappa shape index (κ3) is 3.86.